The zero-order chi connectivity index (χ0) is 11.1. The molecule has 3 nitrogen and oxygen atoms in total. The molecule has 0 aromatic carbocycles. The molecule has 0 spiro atoms. The number of rotatable bonds is 3. The number of halogens is 3. The van der Waals surface area contributed by atoms with Crippen molar-refractivity contribution in [3.63, 3.8) is 0 Å². The monoisotopic (exact) mass is 219 g/mol. The standard InChI is InChI=1S/C9H12F3N3/c10-9(11,12)3-7(13)8-4-14-5-15(8)6-1-2-6/h4-7H,1-3,13H2. The average Bonchev–Trinajstić information content (AvgIpc) is 2.80. The second-order valence-electron chi connectivity index (χ2n) is 3.88. The van der Waals surface area contributed by atoms with E-state index in [0.29, 0.717) is 11.7 Å². The van der Waals surface area contributed by atoms with E-state index >= 15 is 0 Å². The summed E-state index contributed by atoms with van der Waals surface area (Å²) in [5, 5.41) is 0. The minimum Gasteiger partial charge on any atom is -0.330 e. The van der Waals surface area contributed by atoms with E-state index in [0.717, 1.165) is 12.8 Å². The third-order valence-electron chi connectivity index (χ3n) is 2.47. The van der Waals surface area contributed by atoms with Crippen molar-refractivity contribution in [3.8, 4) is 0 Å². The third-order valence-corrected chi connectivity index (χ3v) is 2.47. The molecule has 1 atom stereocenters. The molecule has 1 aliphatic rings. The predicted molar refractivity (Wildman–Crippen MR) is 48.1 cm³/mol. The summed E-state index contributed by atoms with van der Waals surface area (Å²) in [6.07, 6.45) is -0.231. The van der Waals surface area contributed by atoms with Gasteiger partial charge in [-0.15, -0.1) is 0 Å². The van der Waals surface area contributed by atoms with E-state index < -0.39 is 18.6 Å². The van der Waals surface area contributed by atoms with Gasteiger partial charge < -0.3 is 10.3 Å². The molecule has 2 N–H and O–H groups in total. The van der Waals surface area contributed by atoms with Crippen molar-refractivity contribution >= 4 is 0 Å². The van der Waals surface area contributed by atoms with E-state index in [1.165, 1.54) is 6.20 Å². The van der Waals surface area contributed by atoms with E-state index in [4.69, 9.17) is 5.73 Å². The normalized spacial score (nSPS) is 19.2. The number of hydrogen-bond acceptors (Lipinski definition) is 2. The molecule has 1 aromatic heterocycles. The van der Waals surface area contributed by atoms with Gasteiger partial charge in [-0.05, 0) is 12.8 Å². The molecule has 1 fully saturated rings. The van der Waals surface area contributed by atoms with Gasteiger partial charge in [0, 0.05) is 12.2 Å². The second-order valence-corrected chi connectivity index (χ2v) is 3.88. The van der Waals surface area contributed by atoms with Crippen LogP contribution < -0.4 is 5.73 Å². The maximum atomic E-state index is 12.1. The van der Waals surface area contributed by atoms with Crippen molar-refractivity contribution < 1.29 is 13.2 Å². The fourth-order valence-corrected chi connectivity index (χ4v) is 1.61. The van der Waals surface area contributed by atoms with Crippen LogP contribution in [0.3, 0.4) is 0 Å². The van der Waals surface area contributed by atoms with E-state index in [-0.39, 0.29) is 0 Å². The Hall–Kier alpha value is -1.04. The second kappa shape index (κ2) is 3.52. The van der Waals surface area contributed by atoms with Crippen LogP contribution in [0.2, 0.25) is 0 Å². The molecule has 0 saturated heterocycles. The smallest absolute Gasteiger partial charge is 0.330 e. The maximum Gasteiger partial charge on any atom is 0.390 e. The number of alkyl halides is 3. The van der Waals surface area contributed by atoms with E-state index in [2.05, 4.69) is 4.98 Å². The third kappa shape index (κ3) is 2.50. The van der Waals surface area contributed by atoms with Gasteiger partial charge in [0.05, 0.1) is 24.5 Å². The highest BCUT2D eigenvalue weighted by Gasteiger charge is 2.34. The van der Waals surface area contributed by atoms with Crippen LogP contribution >= 0.6 is 0 Å². The summed E-state index contributed by atoms with van der Waals surface area (Å²) in [6, 6.07) is -0.699. The van der Waals surface area contributed by atoms with Crippen LogP contribution in [0.4, 0.5) is 13.2 Å². The molecule has 1 aromatic rings. The summed E-state index contributed by atoms with van der Waals surface area (Å²) in [5.74, 6) is 0. The van der Waals surface area contributed by atoms with Gasteiger partial charge in [0.15, 0.2) is 0 Å². The lowest BCUT2D eigenvalue weighted by atomic mass is 10.1. The summed E-state index contributed by atoms with van der Waals surface area (Å²) in [5.41, 5.74) is 5.99. The lowest BCUT2D eigenvalue weighted by Crippen LogP contribution is -2.22. The molecule has 2 rings (SSSR count). The van der Waals surface area contributed by atoms with Crippen LogP contribution in [0.25, 0.3) is 0 Å². The van der Waals surface area contributed by atoms with Gasteiger partial charge in [-0.3, -0.25) is 0 Å². The predicted octanol–water partition coefficient (Wildman–Crippen LogP) is 2.17. The number of hydrogen-bond donors (Lipinski definition) is 1. The minimum absolute atomic E-state index is 0.307. The molecule has 84 valence electrons. The van der Waals surface area contributed by atoms with Gasteiger partial charge in [-0.1, -0.05) is 0 Å². The molecule has 1 heterocycles. The highest BCUT2D eigenvalue weighted by Crippen LogP contribution is 2.38. The first kappa shape index (κ1) is 10.5. The number of aromatic nitrogens is 2. The summed E-state index contributed by atoms with van der Waals surface area (Å²) >= 11 is 0. The summed E-state index contributed by atoms with van der Waals surface area (Å²) in [6.45, 7) is 0. The summed E-state index contributed by atoms with van der Waals surface area (Å²) < 4.78 is 38.2. The number of nitrogens with two attached hydrogens (primary N) is 1. The van der Waals surface area contributed by atoms with Gasteiger partial charge in [0.25, 0.3) is 0 Å². The molecule has 0 bridgehead atoms. The van der Waals surface area contributed by atoms with Crippen LogP contribution in [-0.2, 0) is 0 Å². The van der Waals surface area contributed by atoms with Gasteiger partial charge in [0.1, 0.15) is 0 Å². The average molecular weight is 219 g/mol. The van der Waals surface area contributed by atoms with Gasteiger partial charge >= 0.3 is 6.18 Å². The Kier molecular flexibility index (Phi) is 2.46. The van der Waals surface area contributed by atoms with Crippen molar-refractivity contribution in [1.82, 2.24) is 9.55 Å². The van der Waals surface area contributed by atoms with Crippen LogP contribution in [0.1, 0.15) is 37.0 Å². The summed E-state index contributed by atoms with van der Waals surface area (Å²) in [7, 11) is 0. The first-order valence-electron chi connectivity index (χ1n) is 4.81. The fraction of sp³-hybridized carbons (Fsp3) is 0.667. The van der Waals surface area contributed by atoms with Gasteiger partial charge in [0.2, 0.25) is 0 Å². The maximum absolute atomic E-state index is 12.1. The zero-order valence-corrected chi connectivity index (χ0v) is 8.04. The van der Waals surface area contributed by atoms with E-state index in [1.54, 1.807) is 10.9 Å². The van der Waals surface area contributed by atoms with Crippen LogP contribution in [0.5, 0.6) is 0 Å². The molecule has 0 aliphatic heterocycles. The van der Waals surface area contributed by atoms with Crippen LogP contribution in [0, 0.1) is 0 Å². The molecule has 6 heteroatoms. The fourth-order valence-electron chi connectivity index (χ4n) is 1.61. The molecule has 1 aliphatic carbocycles. The Bertz CT molecular complexity index is 341. The lowest BCUT2D eigenvalue weighted by molar-refractivity contribution is -0.138. The van der Waals surface area contributed by atoms with Crippen LogP contribution in [-0.4, -0.2) is 15.7 Å². The Labute approximate surface area is 85.1 Å². The first-order valence-corrected chi connectivity index (χ1v) is 4.81. The molecule has 1 unspecified atom stereocenters. The number of imidazole rings is 1. The molecule has 0 amide bonds. The Balaban J connectivity index is 2.10. The van der Waals surface area contributed by atoms with Crippen molar-refractivity contribution in [2.24, 2.45) is 5.73 Å². The molecular weight excluding hydrogens is 207 g/mol. The Morgan fingerprint density at radius 2 is 2.20 bits per heavy atom. The lowest BCUT2D eigenvalue weighted by Gasteiger charge is -2.15. The quantitative estimate of drug-likeness (QED) is 0.846. The SMILES string of the molecule is NC(CC(F)(F)F)c1cncn1C1CC1. The summed E-state index contributed by atoms with van der Waals surface area (Å²) in [4.78, 5) is 3.85. The zero-order valence-electron chi connectivity index (χ0n) is 8.04. The topological polar surface area (TPSA) is 43.8 Å². The highest BCUT2D eigenvalue weighted by atomic mass is 19.4. The van der Waals surface area contributed by atoms with Crippen molar-refractivity contribution in [2.75, 3.05) is 0 Å². The van der Waals surface area contributed by atoms with Crippen molar-refractivity contribution in [3.05, 3.63) is 18.2 Å². The Morgan fingerprint density at radius 1 is 1.53 bits per heavy atom. The molecular formula is C9H12F3N3. The molecule has 0 radical (unpaired) electrons. The van der Waals surface area contributed by atoms with Gasteiger partial charge in [-0.25, -0.2) is 4.98 Å². The van der Waals surface area contributed by atoms with Crippen LogP contribution in [0.15, 0.2) is 12.5 Å². The van der Waals surface area contributed by atoms with Gasteiger partial charge in [-0.2, -0.15) is 13.2 Å². The van der Waals surface area contributed by atoms with E-state index in [1.807, 2.05) is 0 Å². The number of nitrogens with zero attached hydrogens (tertiary/aromatic N) is 2. The molecule has 15 heavy (non-hydrogen) atoms. The van der Waals surface area contributed by atoms with E-state index in [9.17, 15) is 13.2 Å². The minimum atomic E-state index is -4.22. The molecule has 1 saturated carbocycles. The largest absolute Gasteiger partial charge is 0.390 e. The highest BCUT2D eigenvalue weighted by molar-refractivity contribution is 5.08. The van der Waals surface area contributed by atoms with Crippen molar-refractivity contribution in [1.29, 1.82) is 0 Å². The first-order chi connectivity index (χ1) is 6.97. The Morgan fingerprint density at radius 3 is 2.73 bits per heavy atom. The van der Waals surface area contributed by atoms with Crippen molar-refractivity contribution in [2.45, 2.75) is 37.5 Å².